The lowest BCUT2D eigenvalue weighted by molar-refractivity contribution is 0.470. The van der Waals surface area contributed by atoms with Crippen molar-refractivity contribution in [3.63, 3.8) is 0 Å². The first-order valence-corrected chi connectivity index (χ1v) is 8.43. The highest BCUT2D eigenvalue weighted by molar-refractivity contribution is 14.0. The van der Waals surface area contributed by atoms with Gasteiger partial charge in [-0.2, -0.15) is 0 Å². The molecule has 0 aliphatic heterocycles. The van der Waals surface area contributed by atoms with E-state index in [1.54, 1.807) is 7.05 Å². The largest absolute Gasteiger partial charge is 0.356 e. The summed E-state index contributed by atoms with van der Waals surface area (Å²) in [4.78, 5) is 4.20. The Morgan fingerprint density at radius 3 is 2.24 bits per heavy atom. The second-order valence-corrected chi connectivity index (χ2v) is 5.72. The van der Waals surface area contributed by atoms with E-state index in [1.165, 1.54) is 11.1 Å². The molecule has 3 nitrogen and oxygen atoms in total. The second-order valence-electron chi connectivity index (χ2n) is 5.72. The Bertz CT molecular complexity index is 605. The summed E-state index contributed by atoms with van der Waals surface area (Å²) in [7, 11) is 1.74. The summed E-state index contributed by atoms with van der Waals surface area (Å²) < 4.78 is 12.2. The number of benzene rings is 2. The van der Waals surface area contributed by atoms with E-state index in [0.717, 1.165) is 18.9 Å². The van der Waals surface area contributed by atoms with Crippen molar-refractivity contribution in [2.24, 2.45) is 4.99 Å². The van der Waals surface area contributed by atoms with Gasteiger partial charge in [-0.05, 0) is 24.0 Å². The van der Waals surface area contributed by atoms with Gasteiger partial charge in [-0.25, -0.2) is 0 Å². The summed E-state index contributed by atoms with van der Waals surface area (Å²) in [6.45, 7) is 1.05. The van der Waals surface area contributed by atoms with Crippen molar-refractivity contribution in [3.8, 4) is 0 Å². The first kappa shape index (κ1) is 21.4. The van der Waals surface area contributed by atoms with Crippen molar-refractivity contribution in [1.29, 1.82) is 0 Å². The third kappa shape index (κ3) is 7.86. The summed E-state index contributed by atoms with van der Waals surface area (Å²) in [6, 6.07) is 21.0. The topological polar surface area (TPSA) is 36.4 Å². The molecule has 0 bridgehead atoms. The van der Waals surface area contributed by atoms with E-state index in [4.69, 9.17) is 0 Å². The molecule has 0 saturated carbocycles. The fourth-order valence-electron chi connectivity index (χ4n) is 2.65. The maximum absolute atomic E-state index is 12.2. The minimum atomic E-state index is -0.315. The van der Waals surface area contributed by atoms with Crippen molar-refractivity contribution in [1.82, 2.24) is 10.6 Å². The number of nitrogens with zero attached hydrogens (tertiary/aromatic N) is 1. The summed E-state index contributed by atoms with van der Waals surface area (Å²) in [5, 5.41) is 6.50. The van der Waals surface area contributed by atoms with Gasteiger partial charge in [-0.15, -0.1) is 24.0 Å². The van der Waals surface area contributed by atoms with Gasteiger partial charge < -0.3 is 10.6 Å². The molecule has 1 atom stereocenters. The van der Waals surface area contributed by atoms with Crippen molar-refractivity contribution < 1.29 is 4.39 Å². The quantitative estimate of drug-likeness (QED) is 0.272. The second kappa shape index (κ2) is 12.7. The molecule has 0 aliphatic rings. The molecule has 0 aromatic heterocycles. The van der Waals surface area contributed by atoms with E-state index in [9.17, 15) is 4.39 Å². The molecule has 2 rings (SSSR count). The molecule has 1 unspecified atom stereocenters. The zero-order chi connectivity index (χ0) is 17.0. The van der Waals surface area contributed by atoms with E-state index in [1.807, 2.05) is 12.1 Å². The molecule has 0 aliphatic carbocycles. The van der Waals surface area contributed by atoms with E-state index in [2.05, 4.69) is 64.2 Å². The molecule has 0 spiro atoms. The molecule has 0 saturated heterocycles. The maximum Gasteiger partial charge on any atom is 0.190 e. The highest BCUT2D eigenvalue weighted by Gasteiger charge is 2.13. The predicted molar refractivity (Wildman–Crippen MR) is 115 cm³/mol. The highest BCUT2D eigenvalue weighted by atomic mass is 127. The van der Waals surface area contributed by atoms with Crippen LogP contribution >= 0.6 is 24.0 Å². The Labute approximate surface area is 167 Å². The standard InChI is InChI=1S/C20H26FN3.HI/c1-22-20(23-14-8-13-21)24-16-19(18-11-6-3-7-12-18)15-17-9-4-2-5-10-17;/h2-7,9-12,19H,8,13-16H2,1H3,(H2,22,23,24);1H. The maximum atomic E-state index is 12.2. The number of hydrogen-bond donors (Lipinski definition) is 2. The van der Waals surface area contributed by atoms with Gasteiger partial charge in [0.05, 0.1) is 6.67 Å². The fourth-order valence-corrected chi connectivity index (χ4v) is 2.65. The average molecular weight is 455 g/mol. The Morgan fingerprint density at radius 1 is 1.00 bits per heavy atom. The smallest absolute Gasteiger partial charge is 0.190 e. The number of halogens is 2. The van der Waals surface area contributed by atoms with E-state index < -0.39 is 0 Å². The van der Waals surface area contributed by atoms with Crippen molar-refractivity contribution in [2.75, 3.05) is 26.8 Å². The van der Waals surface area contributed by atoms with Gasteiger partial charge in [0, 0.05) is 26.1 Å². The van der Waals surface area contributed by atoms with Gasteiger partial charge in [0.1, 0.15) is 0 Å². The zero-order valence-corrected chi connectivity index (χ0v) is 17.0. The van der Waals surface area contributed by atoms with Gasteiger partial charge in [0.15, 0.2) is 5.96 Å². The molecule has 5 heteroatoms. The Balaban J connectivity index is 0.00000312. The Hall–Kier alpha value is -1.63. The first-order chi connectivity index (χ1) is 11.8. The van der Waals surface area contributed by atoms with Gasteiger partial charge in [-0.3, -0.25) is 9.38 Å². The summed E-state index contributed by atoms with van der Waals surface area (Å²) in [5.74, 6) is 1.06. The third-order valence-electron chi connectivity index (χ3n) is 3.94. The number of guanidine groups is 1. The van der Waals surface area contributed by atoms with Crippen LogP contribution in [0.15, 0.2) is 65.7 Å². The van der Waals surface area contributed by atoms with Crippen LogP contribution in [0.2, 0.25) is 0 Å². The number of aliphatic imine (C=N–C) groups is 1. The van der Waals surface area contributed by atoms with Crippen LogP contribution in [0.25, 0.3) is 0 Å². The summed E-state index contributed by atoms with van der Waals surface area (Å²) in [5.41, 5.74) is 2.61. The molecule has 2 aromatic carbocycles. The van der Waals surface area contributed by atoms with Gasteiger partial charge >= 0.3 is 0 Å². The summed E-state index contributed by atoms with van der Waals surface area (Å²) >= 11 is 0. The molecule has 25 heavy (non-hydrogen) atoms. The van der Waals surface area contributed by atoms with Crippen LogP contribution in [0.4, 0.5) is 4.39 Å². The number of hydrogen-bond acceptors (Lipinski definition) is 1. The molecular formula is C20H27FIN3. The van der Waals surface area contributed by atoms with Gasteiger partial charge in [0.25, 0.3) is 0 Å². The van der Waals surface area contributed by atoms with Gasteiger partial charge in [0.2, 0.25) is 0 Å². The van der Waals surface area contributed by atoms with E-state index in [-0.39, 0.29) is 30.7 Å². The molecule has 0 amide bonds. The lowest BCUT2D eigenvalue weighted by Crippen LogP contribution is -2.40. The van der Waals surface area contributed by atoms with Crippen LogP contribution in [0.5, 0.6) is 0 Å². The van der Waals surface area contributed by atoms with Crippen LogP contribution in [0, 0.1) is 0 Å². The molecule has 0 heterocycles. The lowest BCUT2D eigenvalue weighted by atomic mass is 9.92. The van der Waals surface area contributed by atoms with Crippen LogP contribution < -0.4 is 10.6 Å². The normalized spacial score (nSPS) is 12.2. The first-order valence-electron chi connectivity index (χ1n) is 8.43. The lowest BCUT2D eigenvalue weighted by Gasteiger charge is -2.20. The predicted octanol–water partition coefficient (Wildman–Crippen LogP) is 4.16. The SMILES string of the molecule is CN=C(NCCCF)NCC(Cc1ccccc1)c1ccccc1.I. The van der Waals surface area contributed by atoms with Crippen LogP contribution in [-0.2, 0) is 6.42 Å². The van der Waals surface area contributed by atoms with E-state index >= 15 is 0 Å². The molecule has 0 fully saturated rings. The van der Waals surface area contributed by atoms with Crippen LogP contribution in [0.1, 0.15) is 23.5 Å². The molecule has 136 valence electrons. The Kier molecular flexibility index (Phi) is 10.9. The van der Waals surface area contributed by atoms with Crippen LogP contribution in [0.3, 0.4) is 0 Å². The van der Waals surface area contributed by atoms with E-state index in [0.29, 0.717) is 18.9 Å². The number of nitrogens with one attached hydrogen (secondary N) is 2. The Morgan fingerprint density at radius 2 is 1.64 bits per heavy atom. The average Bonchev–Trinajstić information content (AvgIpc) is 2.65. The minimum absolute atomic E-state index is 0. The van der Waals surface area contributed by atoms with Crippen molar-refractivity contribution >= 4 is 29.9 Å². The monoisotopic (exact) mass is 455 g/mol. The van der Waals surface area contributed by atoms with Crippen molar-refractivity contribution in [2.45, 2.75) is 18.8 Å². The fraction of sp³-hybridized carbons (Fsp3) is 0.350. The van der Waals surface area contributed by atoms with Crippen molar-refractivity contribution in [3.05, 3.63) is 71.8 Å². The number of alkyl halides is 1. The molecule has 0 radical (unpaired) electrons. The third-order valence-corrected chi connectivity index (χ3v) is 3.94. The summed E-state index contributed by atoms with van der Waals surface area (Å²) in [6.07, 6.45) is 1.45. The minimum Gasteiger partial charge on any atom is -0.356 e. The number of rotatable bonds is 8. The van der Waals surface area contributed by atoms with Gasteiger partial charge in [-0.1, -0.05) is 60.7 Å². The van der Waals surface area contributed by atoms with Crippen LogP contribution in [-0.4, -0.2) is 32.8 Å². The molecule has 2 N–H and O–H groups in total. The highest BCUT2D eigenvalue weighted by Crippen LogP contribution is 2.20. The molecule has 2 aromatic rings. The molecular weight excluding hydrogens is 428 g/mol. The zero-order valence-electron chi connectivity index (χ0n) is 14.6.